The number of halogens is 1. The molecule has 10 nitrogen and oxygen atoms in total. The number of benzene rings is 3. The number of ketones is 2. The lowest BCUT2D eigenvalue weighted by atomic mass is 9.66. The fourth-order valence-electron chi connectivity index (χ4n) is 7.17. The summed E-state index contributed by atoms with van der Waals surface area (Å²) in [4.78, 5) is 42.0. The van der Waals surface area contributed by atoms with Gasteiger partial charge in [-0.05, 0) is 41.3 Å². The number of methoxy groups -OCH3 is 3. The van der Waals surface area contributed by atoms with Crippen LogP contribution < -0.4 is 33.7 Å². The molecule has 1 unspecified atom stereocenters. The van der Waals surface area contributed by atoms with Gasteiger partial charge >= 0.3 is 0 Å². The molecule has 11 heteroatoms. The summed E-state index contributed by atoms with van der Waals surface area (Å²) in [5, 5.41) is 2.97. The van der Waals surface area contributed by atoms with Gasteiger partial charge in [0.2, 0.25) is 23.1 Å². The predicted octanol–water partition coefficient (Wildman–Crippen LogP) is 5.40. The number of hydrogen-bond donors (Lipinski definition) is 1. The fraction of sp³-hybridized carbons (Fsp3) is 0.361. The summed E-state index contributed by atoms with van der Waals surface area (Å²) in [7, 11) is 4.42. The number of amides is 1. The first-order chi connectivity index (χ1) is 22.7. The Morgan fingerprint density at radius 3 is 2.47 bits per heavy atom. The molecule has 3 atom stereocenters. The van der Waals surface area contributed by atoms with E-state index >= 15 is 0 Å². The second kappa shape index (κ2) is 11.8. The smallest absolute Gasteiger partial charge is 0.236 e. The number of fused-ring (bicyclic) bond motifs is 2. The van der Waals surface area contributed by atoms with Crippen LogP contribution in [0.4, 0.5) is 0 Å². The zero-order valence-electron chi connectivity index (χ0n) is 26.5. The minimum atomic E-state index is -1.89. The molecule has 0 saturated heterocycles. The molecule has 1 amide bonds. The molecular weight excluding hydrogens is 626 g/mol. The molecule has 244 valence electrons. The highest BCUT2D eigenvalue weighted by molar-refractivity contribution is 6.36. The Morgan fingerprint density at radius 2 is 1.70 bits per heavy atom. The Bertz CT molecular complexity index is 1870. The van der Waals surface area contributed by atoms with Gasteiger partial charge in [0.15, 0.2) is 17.2 Å². The van der Waals surface area contributed by atoms with Gasteiger partial charge in [0.25, 0.3) is 0 Å². The number of carbonyl (C=O) groups is 3. The van der Waals surface area contributed by atoms with E-state index in [4.69, 9.17) is 40.0 Å². The molecule has 3 aromatic carbocycles. The standard InChI is InChI=1S/C36H34ClNO9/c1-18-13-23-30(34(40)36(18)35(41)31-27(43-3)17-28(44-4)32(37)33(31)47-36)22(16-29(39)38-23)20-6-8-25(42-2)26(15-20)46-11-9-19-5-7-24-21(14-19)10-12-45-24/h5-8,14-15,17-18,22H,9-13,16H2,1-4H3,(H,38,39)/t18-,22?,36+/m1/s1. The van der Waals surface area contributed by atoms with Crippen molar-refractivity contribution in [3.63, 3.8) is 0 Å². The van der Waals surface area contributed by atoms with Gasteiger partial charge in [0, 0.05) is 48.4 Å². The van der Waals surface area contributed by atoms with Crippen molar-refractivity contribution in [3.05, 3.63) is 81.0 Å². The molecule has 1 spiro atoms. The van der Waals surface area contributed by atoms with E-state index in [0.29, 0.717) is 48.0 Å². The Kier molecular flexibility index (Phi) is 7.78. The zero-order valence-corrected chi connectivity index (χ0v) is 27.2. The van der Waals surface area contributed by atoms with Gasteiger partial charge in [-0.3, -0.25) is 14.4 Å². The first kappa shape index (κ1) is 30.9. The molecule has 1 aliphatic carbocycles. The minimum absolute atomic E-state index is 0.00294. The van der Waals surface area contributed by atoms with Gasteiger partial charge in [-0.15, -0.1) is 0 Å². The van der Waals surface area contributed by atoms with Gasteiger partial charge < -0.3 is 33.7 Å². The maximum Gasteiger partial charge on any atom is 0.236 e. The Morgan fingerprint density at radius 1 is 0.915 bits per heavy atom. The van der Waals surface area contributed by atoms with Gasteiger partial charge in [0.1, 0.15) is 27.8 Å². The first-order valence-corrected chi connectivity index (χ1v) is 15.9. The van der Waals surface area contributed by atoms with E-state index in [1.165, 1.54) is 25.8 Å². The highest BCUT2D eigenvalue weighted by atomic mass is 35.5. The van der Waals surface area contributed by atoms with Crippen LogP contribution >= 0.6 is 11.6 Å². The third kappa shape index (κ3) is 4.88. The number of allylic oxidation sites excluding steroid dienone is 1. The van der Waals surface area contributed by atoms with Crippen LogP contribution in [-0.2, 0) is 22.4 Å². The van der Waals surface area contributed by atoms with E-state index in [0.717, 1.165) is 17.7 Å². The van der Waals surface area contributed by atoms with Crippen LogP contribution in [0.15, 0.2) is 53.7 Å². The zero-order chi connectivity index (χ0) is 33.0. The van der Waals surface area contributed by atoms with Crippen LogP contribution in [-0.4, -0.2) is 57.6 Å². The molecule has 0 saturated carbocycles. The molecule has 0 fully saturated rings. The summed E-state index contributed by atoms with van der Waals surface area (Å²) in [6.07, 6.45) is 1.78. The lowest BCUT2D eigenvalue weighted by Gasteiger charge is -2.41. The normalized spacial score (nSPS) is 22.6. The summed E-state index contributed by atoms with van der Waals surface area (Å²) in [5.41, 5.74) is 2.01. The highest BCUT2D eigenvalue weighted by Gasteiger charge is 2.63. The van der Waals surface area contributed by atoms with Crippen LogP contribution in [0, 0.1) is 5.92 Å². The Hall–Kier alpha value is -4.70. The molecule has 3 aromatic rings. The molecule has 1 N–H and O–H groups in total. The number of ether oxygens (including phenoxy) is 6. The Labute approximate surface area is 276 Å². The van der Waals surface area contributed by atoms with Crippen LogP contribution in [0.1, 0.15) is 52.7 Å². The average Bonchev–Trinajstić information content (AvgIpc) is 3.66. The van der Waals surface area contributed by atoms with Crippen molar-refractivity contribution in [3.8, 4) is 34.5 Å². The summed E-state index contributed by atoms with van der Waals surface area (Å²) in [6, 6.07) is 13.1. The monoisotopic (exact) mass is 659 g/mol. The second-order valence-corrected chi connectivity index (χ2v) is 12.5. The summed E-state index contributed by atoms with van der Waals surface area (Å²) < 4.78 is 34.7. The van der Waals surface area contributed by atoms with Crippen molar-refractivity contribution in [1.82, 2.24) is 5.32 Å². The van der Waals surface area contributed by atoms with Crippen LogP contribution in [0.5, 0.6) is 34.5 Å². The van der Waals surface area contributed by atoms with Crippen molar-refractivity contribution < 1.29 is 42.8 Å². The van der Waals surface area contributed by atoms with E-state index in [-0.39, 0.29) is 46.6 Å². The third-order valence-electron chi connectivity index (χ3n) is 9.55. The maximum absolute atomic E-state index is 14.7. The van der Waals surface area contributed by atoms with Crippen LogP contribution in [0.2, 0.25) is 5.02 Å². The van der Waals surface area contributed by atoms with Gasteiger partial charge in [-0.2, -0.15) is 0 Å². The summed E-state index contributed by atoms with van der Waals surface area (Å²) >= 11 is 6.61. The number of nitrogens with one attached hydrogen (secondary N) is 1. The number of Topliss-reactive ketones (excluding diaryl/α,β-unsaturated/α-hetero) is 2. The van der Waals surface area contributed by atoms with Crippen molar-refractivity contribution in [2.45, 2.75) is 44.1 Å². The fourth-order valence-corrected chi connectivity index (χ4v) is 7.44. The molecule has 4 aliphatic rings. The number of carbonyl (C=O) groups excluding carboxylic acids is 3. The topological polar surface area (TPSA) is 119 Å². The highest BCUT2D eigenvalue weighted by Crippen LogP contribution is 2.55. The van der Waals surface area contributed by atoms with E-state index < -0.39 is 29.0 Å². The summed E-state index contributed by atoms with van der Waals surface area (Å²) in [5.74, 6) is -0.137. The lowest BCUT2D eigenvalue weighted by Crippen LogP contribution is -2.59. The molecule has 0 bridgehead atoms. The van der Waals surface area contributed by atoms with Crippen molar-refractivity contribution in [2.24, 2.45) is 5.92 Å². The van der Waals surface area contributed by atoms with E-state index in [1.807, 2.05) is 18.2 Å². The molecule has 7 rings (SSSR count). The average molecular weight is 660 g/mol. The molecule has 3 heterocycles. The van der Waals surface area contributed by atoms with Crippen LogP contribution in [0.3, 0.4) is 0 Å². The summed E-state index contributed by atoms with van der Waals surface area (Å²) in [6.45, 7) is 2.83. The largest absolute Gasteiger partial charge is 0.496 e. The SMILES string of the molecule is COc1ccc(C2CC(=O)NC3=C2C(=O)[C@@]2(Oc4c(Cl)c(OC)cc(OC)c4C2=O)[C@H](C)C3)cc1OCCc1ccc2c(c1)CCO2. The van der Waals surface area contributed by atoms with Crippen molar-refractivity contribution >= 4 is 29.1 Å². The maximum atomic E-state index is 14.7. The molecule has 0 aromatic heterocycles. The Balaban J connectivity index is 1.21. The van der Waals surface area contributed by atoms with E-state index in [1.54, 1.807) is 26.2 Å². The molecular formula is C36H34ClNO9. The van der Waals surface area contributed by atoms with Crippen molar-refractivity contribution in [1.29, 1.82) is 0 Å². The number of hydrogen-bond acceptors (Lipinski definition) is 9. The molecule has 3 aliphatic heterocycles. The lowest BCUT2D eigenvalue weighted by molar-refractivity contribution is -0.131. The van der Waals surface area contributed by atoms with E-state index in [9.17, 15) is 14.4 Å². The minimum Gasteiger partial charge on any atom is -0.496 e. The van der Waals surface area contributed by atoms with Gasteiger partial charge in [0.05, 0.1) is 34.5 Å². The van der Waals surface area contributed by atoms with Crippen LogP contribution in [0.25, 0.3) is 0 Å². The first-order valence-electron chi connectivity index (χ1n) is 15.5. The second-order valence-electron chi connectivity index (χ2n) is 12.1. The molecule has 0 radical (unpaired) electrons. The number of rotatable bonds is 8. The van der Waals surface area contributed by atoms with E-state index in [2.05, 4.69) is 11.4 Å². The quantitative estimate of drug-likeness (QED) is 0.317. The van der Waals surface area contributed by atoms with Gasteiger partial charge in [-0.1, -0.05) is 36.7 Å². The molecule has 47 heavy (non-hydrogen) atoms. The van der Waals surface area contributed by atoms with Crippen molar-refractivity contribution in [2.75, 3.05) is 34.5 Å². The third-order valence-corrected chi connectivity index (χ3v) is 9.91. The van der Waals surface area contributed by atoms with Gasteiger partial charge in [-0.25, -0.2) is 0 Å². The predicted molar refractivity (Wildman–Crippen MR) is 171 cm³/mol.